The minimum absolute atomic E-state index is 0.806. The minimum atomic E-state index is 0.806. The first-order valence-electron chi connectivity index (χ1n) is 5.87. The van der Waals surface area contributed by atoms with Crippen molar-refractivity contribution in [3.63, 3.8) is 0 Å². The summed E-state index contributed by atoms with van der Waals surface area (Å²) in [7, 11) is 0. The van der Waals surface area contributed by atoms with Gasteiger partial charge in [0, 0.05) is 5.69 Å². The average molecular weight is 217 g/mol. The molecule has 0 bridgehead atoms. The van der Waals surface area contributed by atoms with Crippen molar-refractivity contribution < 1.29 is 0 Å². The Hall–Kier alpha value is -1.51. The molecule has 0 amide bonds. The van der Waals surface area contributed by atoms with E-state index < -0.39 is 0 Å². The molecule has 3 heteroatoms. The standard InChI is InChI=1S/C13H19N3/c1-4-5-6-11-13(14)16-10(3)7-9(2)8-12(16)15-11/h7-8H,4-6,14H2,1-3H3. The normalized spacial score (nSPS) is 11.2. The molecular formula is C13H19N3. The third-order valence-corrected chi connectivity index (χ3v) is 2.93. The van der Waals surface area contributed by atoms with Crippen LogP contribution in [0.5, 0.6) is 0 Å². The molecule has 2 aromatic rings. The third kappa shape index (κ3) is 1.77. The number of unbranched alkanes of at least 4 members (excludes halogenated alkanes) is 1. The molecule has 2 rings (SSSR count). The van der Waals surface area contributed by atoms with Crippen molar-refractivity contribution in [1.82, 2.24) is 9.38 Å². The summed E-state index contributed by atoms with van der Waals surface area (Å²) < 4.78 is 2.04. The van der Waals surface area contributed by atoms with Crippen molar-refractivity contribution in [1.29, 1.82) is 0 Å². The number of nitrogens with zero attached hydrogens (tertiary/aromatic N) is 2. The van der Waals surface area contributed by atoms with Gasteiger partial charge in [-0.05, 0) is 44.4 Å². The lowest BCUT2D eigenvalue weighted by molar-refractivity contribution is 0.783. The van der Waals surface area contributed by atoms with Crippen LogP contribution in [0.15, 0.2) is 12.1 Å². The highest BCUT2D eigenvalue weighted by molar-refractivity contribution is 5.55. The molecule has 86 valence electrons. The fourth-order valence-corrected chi connectivity index (χ4v) is 2.13. The van der Waals surface area contributed by atoms with E-state index in [1.165, 1.54) is 12.0 Å². The van der Waals surface area contributed by atoms with E-state index >= 15 is 0 Å². The topological polar surface area (TPSA) is 43.3 Å². The fourth-order valence-electron chi connectivity index (χ4n) is 2.13. The molecule has 0 aliphatic rings. The molecule has 2 N–H and O–H groups in total. The van der Waals surface area contributed by atoms with E-state index in [0.29, 0.717) is 0 Å². The van der Waals surface area contributed by atoms with Crippen LogP contribution in [0.4, 0.5) is 5.82 Å². The predicted molar refractivity (Wildman–Crippen MR) is 67.7 cm³/mol. The van der Waals surface area contributed by atoms with Crippen LogP contribution >= 0.6 is 0 Å². The summed E-state index contributed by atoms with van der Waals surface area (Å²) >= 11 is 0. The highest BCUT2D eigenvalue weighted by atomic mass is 15.1. The molecule has 2 aromatic heterocycles. The first-order chi connectivity index (χ1) is 7.63. The average Bonchev–Trinajstić information content (AvgIpc) is 2.52. The molecule has 0 aliphatic heterocycles. The molecule has 0 spiro atoms. The number of aryl methyl sites for hydroxylation is 3. The summed E-state index contributed by atoms with van der Waals surface area (Å²) in [6, 6.07) is 4.22. The van der Waals surface area contributed by atoms with E-state index in [0.717, 1.165) is 35.7 Å². The molecule has 0 aromatic carbocycles. The summed E-state index contributed by atoms with van der Waals surface area (Å²) in [5, 5.41) is 0. The summed E-state index contributed by atoms with van der Waals surface area (Å²) in [4.78, 5) is 4.61. The molecule has 0 fully saturated rings. The Kier molecular flexibility index (Phi) is 2.86. The molecule has 0 radical (unpaired) electrons. The van der Waals surface area contributed by atoms with E-state index in [-0.39, 0.29) is 0 Å². The highest BCUT2D eigenvalue weighted by Crippen LogP contribution is 2.20. The minimum Gasteiger partial charge on any atom is -0.383 e. The number of pyridine rings is 1. The van der Waals surface area contributed by atoms with Crippen LogP contribution < -0.4 is 5.73 Å². The van der Waals surface area contributed by atoms with Crippen LogP contribution in [0, 0.1) is 13.8 Å². The molecule has 0 unspecified atom stereocenters. The van der Waals surface area contributed by atoms with Crippen molar-refractivity contribution in [3.05, 3.63) is 29.1 Å². The lowest BCUT2D eigenvalue weighted by Gasteiger charge is -2.03. The lowest BCUT2D eigenvalue weighted by atomic mass is 10.2. The van der Waals surface area contributed by atoms with Crippen LogP contribution in [0.25, 0.3) is 5.65 Å². The molecule has 0 saturated heterocycles. The van der Waals surface area contributed by atoms with Gasteiger partial charge in [-0.1, -0.05) is 13.3 Å². The smallest absolute Gasteiger partial charge is 0.139 e. The molecule has 16 heavy (non-hydrogen) atoms. The Labute approximate surface area is 96.3 Å². The van der Waals surface area contributed by atoms with Gasteiger partial charge in [0.15, 0.2) is 0 Å². The zero-order valence-electron chi connectivity index (χ0n) is 10.2. The summed E-state index contributed by atoms with van der Waals surface area (Å²) in [5.74, 6) is 0.806. The number of anilines is 1. The summed E-state index contributed by atoms with van der Waals surface area (Å²) in [5.41, 5.74) is 10.5. The maximum Gasteiger partial charge on any atom is 0.139 e. The Morgan fingerprint density at radius 2 is 2.06 bits per heavy atom. The monoisotopic (exact) mass is 217 g/mol. The zero-order chi connectivity index (χ0) is 11.7. The molecule has 0 saturated carbocycles. The van der Waals surface area contributed by atoms with Crippen LogP contribution in [-0.2, 0) is 6.42 Å². The maximum absolute atomic E-state index is 6.13. The van der Waals surface area contributed by atoms with Crippen molar-refractivity contribution in [2.24, 2.45) is 0 Å². The Morgan fingerprint density at radius 1 is 1.31 bits per heavy atom. The first-order valence-corrected chi connectivity index (χ1v) is 5.87. The van der Waals surface area contributed by atoms with Gasteiger partial charge in [-0.3, -0.25) is 4.40 Å². The number of nitrogens with two attached hydrogens (primary N) is 1. The van der Waals surface area contributed by atoms with Gasteiger partial charge in [0.1, 0.15) is 11.5 Å². The molecule has 0 atom stereocenters. The Bertz CT molecular complexity index is 511. The van der Waals surface area contributed by atoms with Crippen molar-refractivity contribution in [2.75, 3.05) is 5.73 Å². The number of hydrogen-bond donors (Lipinski definition) is 1. The van der Waals surface area contributed by atoms with Crippen LogP contribution in [0.2, 0.25) is 0 Å². The van der Waals surface area contributed by atoms with E-state index in [2.05, 4.69) is 37.9 Å². The van der Waals surface area contributed by atoms with Gasteiger partial charge in [0.2, 0.25) is 0 Å². The number of fused-ring (bicyclic) bond motifs is 1. The van der Waals surface area contributed by atoms with Gasteiger partial charge in [-0.25, -0.2) is 4.98 Å². The van der Waals surface area contributed by atoms with Crippen LogP contribution in [0.1, 0.15) is 36.7 Å². The summed E-state index contributed by atoms with van der Waals surface area (Å²) in [6.07, 6.45) is 3.29. The fraction of sp³-hybridized carbons (Fsp3) is 0.462. The maximum atomic E-state index is 6.13. The van der Waals surface area contributed by atoms with Crippen molar-refractivity contribution in [2.45, 2.75) is 40.0 Å². The molecular weight excluding hydrogens is 198 g/mol. The highest BCUT2D eigenvalue weighted by Gasteiger charge is 2.10. The van der Waals surface area contributed by atoms with Gasteiger partial charge >= 0.3 is 0 Å². The van der Waals surface area contributed by atoms with Gasteiger partial charge in [-0.2, -0.15) is 0 Å². The predicted octanol–water partition coefficient (Wildman–Crippen LogP) is 2.88. The van der Waals surface area contributed by atoms with Gasteiger partial charge in [0.05, 0.1) is 5.69 Å². The zero-order valence-corrected chi connectivity index (χ0v) is 10.2. The third-order valence-electron chi connectivity index (χ3n) is 2.93. The number of rotatable bonds is 3. The van der Waals surface area contributed by atoms with Crippen molar-refractivity contribution >= 4 is 11.5 Å². The lowest BCUT2D eigenvalue weighted by Crippen LogP contribution is -1.99. The second-order valence-electron chi connectivity index (χ2n) is 4.41. The quantitative estimate of drug-likeness (QED) is 0.859. The van der Waals surface area contributed by atoms with E-state index in [4.69, 9.17) is 5.73 Å². The number of hydrogen-bond acceptors (Lipinski definition) is 2. The molecule has 0 aliphatic carbocycles. The SMILES string of the molecule is CCCCc1nc2cc(C)cc(C)n2c1N. The second-order valence-corrected chi connectivity index (χ2v) is 4.41. The van der Waals surface area contributed by atoms with Crippen molar-refractivity contribution in [3.8, 4) is 0 Å². The van der Waals surface area contributed by atoms with Crippen LogP contribution in [0.3, 0.4) is 0 Å². The largest absolute Gasteiger partial charge is 0.383 e. The van der Waals surface area contributed by atoms with Gasteiger partial charge in [-0.15, -0.1) is 0 Å². The Morgan fingerprint density at radius 3 is 2.75 bits per heavy atom. The van der Waals surface area contributed by atoms with E-state index in [1.807, 2.05) is 4.40 Å². The Balaban J connectivity index is 2.54. The number of aromatic nitrogens is 2. The molecule has 3 nitrogen and oxygen atoms in total. The first kappa shape index (κ1) is 11.0. The van der Waals surface area contributed by atoms with E-state index in [9.17, 15) is 0 Å². The van der Waals surface area contributed by atoms with Crippen LogP contribution in [-0.4, -0.2) is 9.38 Å². The second kappa shape index (κ2) is 4.16. The molecule has 2 heterocycles. The number of imidazole rings is 1. The van der Waals surface area contributed by atoms with Gasteiger partial charge in [0.25, 0.3) is 0 Å². The van der Waals surface area contributed by atoms with Gasteiger partial charge < -0.3 is 5.73 Å². The number of nitrogen functional groups attached to an aromatic ring is 1. The van der Waals surface area contributed by atoms with E-state index in [1.54, 1.807) is 0 Å². The summed E-state index contributed by atoms with van der Waals surface area (Å²) in [6.45, 7) is 6.34.